The van der Waals surface area contributed by atoms with Crippen LogP contribution in [0.5, 0.6) is 11.6 Å². The van der Waals surface area contributed by atoms with E-state index < -0.39 is 0 Å². The highest BCUT2D eigenvalue weighted by Crippen LogP contribution is 2.24. The van der Waals surface area contributed by atoms with Gasteiger partial charge in [0, 0.05) is 18.3 Å². The highest BCUT2D eigenvalue weighted by atomic mass is 16.5. The van der Waals surface area contributed by atoms with Crippen LogP contribution in [0.1, 0.15) is 16.7 Å². The maximum absolute atomic E-state index is 5.75. The van der Waals surface area contributed by atoms with Crippen molar-refractivity contribution in [1.29, 1.82) is 0 Å². The molecule has 0 aliphatic heterocycles. The molecule has 2 aromatic rings. The Balaban J connectivity index is 2.28. The van der Waals surface area contributed by atoms with Crippen LogP contribution in [0.4, 0.5) is 0 Å². The van der Waals surface area contributed by atoms with Gasteiger partial charge in [-0.05, 0) is 43.2 Å². The van der Waals surface area contributed by atoms with Gasteiger partial charge in [-0.25, -0.2) is 4.98 Å². The van der Waals surface area contributed by atoms with Crippen molar-refractivity contribution in [3.63, 3.8) is 0 Å². The summed E-state index contributed by atoms with van der Waals surface area (Å²) >= 11 is 0. The van der Waals surface area contributed by atoms with Gasteiger partial charge >= 0.3 is 0 Å². The number of aryl methyl sites for hydroxylation is 2. The number of aromatic nitrogens is 1. The summed E-state index contributed by atoms with van der Waals surface area (Å²) in [7, 11) is 0. The lowest BCUT2D eigenvalue weighted by atomic mass is 10.1. The number of hydrogen-bond donors (Lipinski definition) is 1. The summed E-state index contributed by atoms with van der Waals surface area (Å²) in [5.74, 6) is 1.37. The zero-order valence-electron chi connectivity index (χ0n) is 10.1. The van der Waals surface area contributed by atoms with Crippen LogP contribution in [-0.2, 0) is 6.54 Å². The molecule has 2 N–H and O–H groups in total. The molecule has 0 amide bonds. The van der Waals surface area contributed by atoms with Crippen LogP contribution >= 0.6 is 0 Å². The fourth-order valence-corrected chi connectivity index (χ4v) is 1.56. The van der Waals surface area contributed by atoms with Crippen LogP contribution in [0, 0.1) is 13.8 Å². The summed E-state index contributed by atoms with van der Waals surface area (Å²) in [6.45, 7) is 4.56. The van der Waals surface area contributed by atoms with Crippen molar-refractivity contribution in [1.82, 2.24) is 4.98 Å². The van der Waals surface area contributed by atoms with Crippen molar-refractivity contribution in [2.75, 3.05) is 0 Å². The molecule has 0 atom stereocenters. The molecule has 0 radical (unpaired) electrons. The third-order valence-corrected chi connectivity index (χ3v) is 2.76. The average molecular weight is 228 g/mol. The van der Waals surface area contributed by atoms with Crippen molar-refractivity contribution >= 4 is 0 Å². The largest absolute Gasteiger partial charge is 0.439 e. The van der Waals surface area contributed by atoms with E-state index >= 15 is 0 Å². The molecule has 3 nitrogen and oxygen atoms in total. The van der Waals surface area contributed by atoms with E-state index in [4.69, 9.17) is 10.5 Å². The molecule has 0 saturated carbocycles. The van der Waals surface area contributed by atoms with E-state index in [0.29, 0.717) is 12.4 Å². The van der Waals surface area contributed by atoms with Gasteiger partial charge in [0.2, 0.25) is 5.88 Å². The Morgan fingerprint density at radius 1 is 1.18 bits per heavy atom. The predicted octanol–water partition coefficient (Wildman–Crippen LogP) is 2.95. The molecule has 3 heteroatoms. The van der Waals surface area contributed by atoms with E-state index in [1.54, 1.807) is 6.20 Å². The Morgan fingerprint density at radius 3 is 2.71 bits per heavy atom. The Morgan fingerprint density at radius 2 is 2.00 bits per heavy atom. The standard InChI is InChI=1S/C14H16N2O/c1-10-5-6-13(8-11(10)2)17-14-12(9-15)4-3-7-16-14/h3-8H,9,15H2,1-2H3. The Labute approximate surface area is 101 Å². The second-order valence-electron chi connectivity index (χ2n) is 4.02. The molecule has 1 aromatic carbocycles. The second kappa shape index (κ2) is 4.97. The van der Waals surface area contributed by atoms with Gasteiger partial charge in [0.05, 0.1) is 0 Å². The van der Waals surface area contributed by atoms with Crippen molar-refractivity contribution in [2.45, 2.75) is 20.4 Å². The molecule has 88 valence electrons. The summed E-state index contributed by atoms with van der Waals surface area (Å²) in [6.07, 6.45) is 1.70. The molecule has 2 rings (SSSR count). The van der Waals surface area contributed by atoms with Gasteiger partial charge in [-0.15, -0.1) is 0 Å². The van der Waals surface area contributed by atoms with Crippen LogP contribution in [0.3, 0.4) is 0 Å². The molecule has 1 aromatic heterocycles. The topological polar surface area (TPSA) is 48.1 Å². The van der Waals surface area contributed by atoms with Crippen molar-refractivity contribution < 1.29 is 4.74 Å². The lowest BCUT2D eigenvalue weighted by Crippen LogP contribution is -2.00. The number of pyridine rings is 1. The smallest absolute Gasteiger partial charge is 0.223 e. The van der Waals surface area contributed by atoms with Gasteiger partial charge in [0.1, 0.15) is 5.75 Å². The van der Waals surface area contributed by atoms with Gasteiger partial charge < -0.3 is 10.5 Å². The predicted molar refractivity (Wildman–Crippen MR) is 68.1 cm³/mol. The molecular formula is C14H16N2O. The summed E-state index contributed by atoms with van der Waals surface area (Å²) < 4.78 is 5.75. The number of rotatable bonds is 3. The van der Waals surface area contributed by atoms with Crippen molar-refractivity contribution in [3.8, 4) is 11.6 Å². The molecule has 0 bridgehead atoms. The van der Waals surface area contributed by atoms with E-state index in [0.717, 1.165) is 11.3 Å². The van der Waals surface area contributed by atoms with Crippen LogP contribution in [0.15, 0.2) is 36.5 Å². The summed E-state index contributed by atoms with van der Waals surface area (Å²) in [6, 6.07) is 9.76. The first-order valence-corrected chi connectivity index (χ1v) is 5.60. The van der Waals surface area contributed by atoms with Crippen molar-refractivity contribution in [3.05, 3.63) is 53.2 Å². The fourth-order valence-electron chi connectivity index (χ4n) is 1.56. The fraction of sp³-hybridized carbons (Fsp3) is 0.214. The summed E-state index contributed by atoms with van der Waals surface area (Å²) in [5, 5.41) is 0. The number of nitrogens with two attached hydrogens (primary N) is 1. The van der Waals surface area contributed by atoms with Crippen LogP contribution in [0.25, 0.3) is 0 Å². The molecule has 17 heavy (non-hydrogen) atoms. The molecule has 0 aliphatic rings. The van der Waals surface area contributed by atoms with Crippen LogP contribution < -0.4 is 10.5 Å². The lowest BCUT2D eigenvalue weighted by molar-refractivity contribution is 0.456. The Bertz CT molecular complexity index is 523. The van der Waals surface area contributed by atoms with E-state index in [1.807, 2.05) is 30.3 Å². The quantitative estimate of drug-likeness (QED) is 0.878. The third kappa shape index (κ3) is 2.63. The van der Waals surface area contributed by atoms with Crippen molar-refractivity contribution in [2.24, 2.45) is 5.73 Å². The van der Waals surface area contributed by atoms with Gasteiger partial charge in [0.25, 0.3) is 0 Å². The number of ether oxygens (including phenoxy) is 1. The van der Waals surface area contributed by atoms with E-state index in [9.17, 15) is 0 Å². The molecule has 0 saturated heterocycles. The van der Waals surface area contributed by atoms with E-state index in [2.05, 4.69) is 18.8 Å². The minimum Gasteiger partial charge on any atom is -0.439 e. The first-order chi connectivity index (χ1) is 8.20. The average Bonchev–Trinajstić information content (AvgIpc) is 2.34. The highest BCUT2D eigenvalue weighted by Gasteiger charge is 2.05. The van der Waals surface area contributed by atoms with Gasteiger partial charge in [-0.2, -0.15) is 0 Å². The first-order valence-electron chi connectivity index (χ1n) is 5.60. The minimum absolute atomic E-state index is 0.425. The Hall–Kier alpha value is -1.87. The van der Waals surface area contributed by atoms with Gasteiger partial charge in [-0.3, -0.25) is 0 Å². The molecule has 0 spiro atoms. The molecular weight excluding hydrogens is 212 g/mol. The number of benzene rings is 1. The summed E-state index contributed by atoms with van der Waals surface area (Å²) in [4.78, 5) is 4.19. The SMILES string of the molecule is Cc1ccc(Oc2ncccc2CN)cc1C. The lowest BCUT2D eigenvalue weighted by Gasteiger charge is -2.09. The molecule has 0 fully saturated rings. The maximum Gasteiger partial charge on any atom is 0.223 e. The van der Waals surface area contributed by atoms with Crippen LogP contribution in [0.2, 0.25) is 0 Å². The molecule has 0 aliphatic carbocycles. The zero-order valence-corrected chi connectivity index (χ0v) is 10.1. The highest BCUT2D eigenvalue weighted by molar-refractivity contribution is 5.37. The first kappa shape index (κ1) is 11.6. The van der Waals surface area contributed by atoms with Crippen LogP contribution in [-0.4, -0.2) is 4.98 Å². The minimum atomic E-state index is 0.425. The van der Waals surface area contributed by atoms with Gasteiger partial charge in [-0.1, -0.05) is 12.1 Å². The van der Waals surface area contributed by atoms with Gasteiger partial charge in [0.15, 0.2) is 0 Å². The second-order valence-corrected chi connectivity index (χ2v) is 4.02. The molecule has 1 heterocycles. The summed E-state index contributed by atoms with van der Waals surface area (Å²) in [5.41, 5.74) is 9.00. The third-order valence-electron chi connectivity index (χ3n) is 2.76. The van der Waals surface area contributed by atoms with E-state index in [-0.39, 0.29) is 0 Å². The maximum atomic E-state index is 5.75. The van der Waals surface area contributed by atoms with E-state index in [1.165, 1.54) is 11.1 Å². The monoisotopic (exact) mass is 228 g/mol. The number of hydrogen-bond acceptors (Lipinski definition) is 3. The normalized spacial score (nSPS) is 10.3. The molecule has 0 unspecified atom stereocenters. The Kier molecular flexibility index (Phi) is 3.40. The zero-order chi connectivity index (χ0) is 12.3. The number of nitrogens with zero attached hydrogens (tertiary/aromatic N) is 1.